The fourth-order valence-electron chi connectivity index (χ4n) is 1.25. The molecule has 0 radical (unpaired) electrons. The van der Waals surface area contributed by atoms with Crippen LogP contribution in [-0.4, -0.2) is 20.7 Å². The number of allylic oxidation sites excluding steroid dienone is 3. The van der Waals surface area contributed by atoms with Gasteiger partial charge in [0.2, 0.25) is 5.69 Å². The van der Waals surface area contributed by atoms with Gasteiger partial charge in [0.15, 0.2) is 0 Å². The lowest BCUT2D eigenvalue weighted by Crippen LogP contribution is -2.04. The monoisotopic (exact) mass is 223 g/mol. The van der Waals surface area contributed by atoms with Crippen LogP contribution in [0.4, 0.5) is 5.00 Å². The van der Waals surface area contributed by atoms with Crippen molar-refractivity contribution in [2.75, 3.05) is 5.32 Å². The van der Waals surface area contributed by atoms with Gasteiger partial charge in [0, 0.05) is 17.2 Å². The number of anilines is 1. The van der Waals surface area contributed by atoms with Crippen molar-refractivity contribution in [3.05, 3.63) is 29.6 Å². The maximum atomic E-state index is 10.8. The van der Waals surface area contributed by atoms with Crippen molar-refractivity contribution in [2.24, 2.45) is 0 Å². The number of carboxylic acid groups (broad SMARTS) is 1. The summed E-state index contributed by atoms with van der Waals surface area (Å²) in [4.78, 5) is 10.8. The van der Waals surface area contributed by atoms with E-state index in [-0.39, 0.29) is 5.69 Å². The summed E-state index contributed by atoms with van der Waals surface area (Å²) in [5, 5.41) is 15.8. The quantitative estimate of drug-likeness (QED) is 0.818. The van der Waals surface area contributed by atoms with Gasteiger partial charge in [-0.1, -0.05) is 16.6 Å². The first-order valence-electron chi connectivity index (χ1n) is 4.47. The second-order valence-electron chi connectivity index (χ2n) is 3.02. The predicted molar refractivity (Wildman–Crippen MR) is 56.9 cm³/mol. The molecule has 0 aliphatic heterocycles. The normalized spacial score (nSPS) is 14.8. The summed E-state index contributed by atoms with van der Waals surface area (Å²) in [5.41, 5.74) is 0.870. The highest BCUT2D eigenvalue weighted by molar-refractivity contribution is 7.10. The summed E-state index contributed by atoms with van der Waals surface area (Å²) in [7, 11) is 0. The summed E-state index contributed by atoms with van der Waals surface area (Å²) in [6.07, 6.45) is 7.98. The number of carboxylic acids is 1. The van der Waals surface area contributed by atoms with E-state index in [1.54, 1.807) is 0 Å². The molecule has 0 unspecified atom stereocenters. The van der Waals surface area contributed by atoms with Crippen molar-refractivity contribution in [1.82, 2.24) is 9.59 Å². The molecule has 1 aromatic heterocycles. The number of hydrogen-bond donors (Lipinski definition) is 2. The molecule has 6 heteroatoms. The molecule has 0 amide bonds. The van der Waals surface area contributed by atoms with Crippen LogP contribution in [0.25, 0.3) is 0 Å². The maximum Gasteiger partial charge on any atom is 0.359 e. The SMILES string of the molecule is O=C(O)c1nnsc1NC1=CCCC=C1. The molecular formula is C9H9N3O2S. The van der Waals surface area contributed by atoms with Crippen LogP contribution >= 0.6 is 11.5 Å². The number of carbonyl (C=O) groups is 1. The molecule has 0 bridgehead atoms. The summed E-state index contributed by atoms with van der Waals surface area (Å²) >= 11 is 1.04. The fraction of sp³-hybridized carbons (Fsp3) is 0.222. The molecule has 0 saturated heterocycles. The van der Waals surface area contributed by atoms with E-state index >= 15 is 0 Å². The molecule has 78 valence electrons. The summed E-state index contributed by atoms with van der Waals surface area (Å²) in [6.45, 7) is 0. The Labute approximate surface area is 90.3 Å². The van der Waals surface area contributed by atoms with Crippen LogP contribution in [0.3, 0.4) is 0 Å². The lowest BCUT2D eigenvalue weighted by atomic mass is 10.1. The first-order chi connectivity index (χ1) is 7.27. The average Bonchev–Trinajstić information content (AvgIpc) is 2.67. The zero-order chi connectivity index (χ0) is 10.7. The molecule has 0 atom stereocenters. The van der Waals surface area contributed by atoms with E-state index in [0.717, 1.165) is 30.1 Å². The molecule has 0 fully saturated rings. The molecule has 0 saturated carbocycles. The Hall–Kier alpha value is -1.69. The first kappa shape index (κ1) is 9.85. The van der Waals surface area contributed by atoms with Gasteiger partial charge in [-0.05, 0) is 18.9 Å². The van der Waals surface area contributed by atoms with Crippen molar-refractivity contribution >= 4 is 22.5 Å². The summed E-state index contributed by atoms with van der Waals surface area (Å²) in [6, 6.07) is 0. The Balaban J connectivity index is 2.17. The third kappa shape index (κ3) is 2.21. The number of hydrogen-bond acceptors (Lipinski definition) is 5. The van der Waals surface area contributed by atoms with Gasteiger partial charge in [-0.15, -0.1) is 5.10 Å². The minimum Gasteiger partial charge on any atom is -0.476 e. The zero-order valence-corrected chi connectivity index (χ0v) is 8.62. The molecule has 0 aromatic carbocycles. The summed E-state index contributed by atoms with van der Waals surface area (Å²) < 4.78 is 3.61. The van der Waals surface area contributed by atoms with E-state index < -0.39 is 5.97 Å². The molecule has 5 nitrogen and oxygen atoms in total. The standard InChI is InChI=1S/C9H9N3O2S/c13-9(14)7-8(15-12-11-7)10-6-4-2-1-3-5-6/h2,4-5,10H,1,3H2,(H,13,14). The van der Waals surface area contributed by atoms with E-state index in [0.29, 0.717) is 5.00 Å². The van der Waals surface area contributed by atoms with E-state index in [9.17, 15) is 4.79 Å². The Morgan fingerprint density at radius 2 is 2.40 bits per heavy atom. The largest absolute Gasteiger partial charge is 0.476 e. The highest BCUT2D eigenvalue weighted by atomic mass is 32.1. The lowest BCUT2D eigenvalue weighted by molar-refractivity contribution is 0.0691. The van der Waals surface area contributed by atoms with Gasteiger partial charge in [0.1, 0.15) is 5.00 Å². The molecule has 1 aliphatic rings. The minimum absolute atomic E-state index is 0.0279. The topological polar surface area (TPSA) is 75.1 Å². The van der Waals surface area contributed by atoms with Gasteiger partial charge in [-0.2, -0.15) is 0 Å². The zero-order valence-electron chi connectivity index (χ0n) is 7.80. The molecule has 2 N–H and O–H groups in total. The Morgan fingerprint density at radius 1 is 1.53 bits per heavy atom. The number of rotatable bonds is 3. The second kappa shape index (κ2) is 4.22. The van der Waals surface area contributed by atoms with Crippen molar-refractivity contribution in [3.8, 4) is 0 Å². The van der Waals surface area contributed by atoms with Gasteiger partial charge in [-0.3, -0.25) is 0 Å². The van der Waals surface area contributed by atoms with Crippen LogP contribution in [0, 0.1) is 0 Å². The van der Waals surface area contributed by atoms with Crippen LogP contribution < -0.4 is 5.32 Å². The van der Waals surface area contributed by atoms with E-state index in [1.165, 1.54) is 0 Å². The van der Waals surface area contributed by atoms with Gasteiger partial charge < -0.3 is 10.4 Å². The lowest BCUT2D eigenvalue weighted by Gasteiger charge is -2.07. The van der Waals surface area contributed by atoms with Crippen LogP contribution in [0.1, 0.15) is 23.3 Å². The van der Waals surface area contributed by atoms with E-state index in [4.69, 9.17) is 5.11 Å². The number of nitrogens with zero attached hydrogens (tertiary/aromatic N) is 2. The van der Waals surface area contributed by atoms with Crippen LogP contribution in [0.5, 0.6) is 0 Å². The van der Waals surface area contributed by atoms with Gasteiger partial charge >= 0.3 is 5.97 Å². The number of aromatic carboxylic acids is 1. The fourth-order valence-corrected chi connectivity index (χ4v) is 1.83. The van der Waals surface area contributed by atoms with E-state index in [1.807, 2.05) is 18.2 Å². The molecule has 1 heterocycles. The molecular weight excluding hydrogens is 214 g/mol. The van der Waals surface area contributed by atoms with Crippen molar-refractivity contribution in [3.63, 3.8) is 0 Å². The molecule has 15 heavy (non-hydrogen) atoms. The number of aromatic nitrogens is 2. The Bertz CT molecular complexity index is 436. The average molecular weight is 223 g/mol. The third-order valence-electron chi connectivity index (χ3n) is 1.94. The van der Waals surface area contributed by atoms with Crippen molar-refractivity contribution < 1.29 is 9.90 Å². The van der Waals surface area contributed by atoms with Crippen molar-refractivity contribution in [1.29, 1.82) is 0 Å². The highest BCUT2D eigenvalue weighted by Gasteiger charge is 2.15. The molecule has 0 spiro atoms. The summed E-state index contributed by atoms with van der Waals surface area (Å²) in [5.74, 6) is -1.06. The third-order valence-corrected chi connectivity index (χ3v) is 2.58. The van der Waals surface area contributed by atoms with E-state index in [2.05, 4.69) is 14.9 Å². The Morgan fingerprint density at radius 3 is 3.07 bits per heavy atom. The van der Waals surface area contributed by atoms with Gasteiger partial charge in [0.25, 0.3) is 0 Å². The smallest absolute Gasteiger partial charge is 0.359 e. The van der Waals surface area contributed by atoms with Crippen LogP contribution in [0.15, 0.2) is 23.9 Å². The van der Waals surface area contributed by atoms with Gasteiger partial charge in [-0.25, -0.2) is 4.79 Å². The predicted octanol–water partition coefficient (Wildman–Crippen LogP) is 1.88. The maximum absolute atomic E-state index is 10.8. The van der Waals surface area contributed by atoms with Crippen molar-refractivity contribution in [2.45, 2.75) is 12.8 Å². The Kier molecular flexibility index (Phi) is 2.77. The number of nitrogens with one attached hydrogen (secondary N) is 1. The van der Waals surface area contributed by atoms with Gasteiger partial charge in [0.05, 0.1) is 0 Å². The minimum atomic E-state index is -1.06. The van der Waals surface area contributed by atoms with Crippen LogP contribution in [-0.2, 0) is 0 Å². The second-order valence-corrected chi connectivity index (χ2v) is 3.77. The molecule has 1 aliphatic carbocycles. The highest BCUT2D eigenvalue weighted by Crippen LogP contribution is 2.21. The molecule has 2 rings (SSSR count). The van der Waals surface area contributed by atoms with Crippen LogP contribution in [0.2, 0.25) is 0 Å². The first-order valence-corrected chi connectivity index (χ1v) is 5.24. The molecule has 1 aromatic rings.